The molecule has 1 aliphatic rings. The lowest BCUT2D eigenvalue weighted by Gasteiger charge is -2.24. The van der Waals surface area contributed by atoms with Crippen molar-refractivity contribution in [2.75, 3.05) is 6.61 Å². The molecule has 1 aliphatic carbocycles. The van der Waals surface area contributed by atoms with E-state index in [2.05, 4.69) is 0 Å². The minimum Gasteiger partial charge on any atom is -0.463 e. The van der Waals surface area contributed by atoms with Gasteiger partial charge in [-0.1, -0.05) is 13.0 Å². The number of hydrogen-bond acceptors (Lipinski definition) is 4. The van der Waals surface area contributed by atoms with E-state index in [4.69, 9.17) is 4.74 Å². The Kier molecular flexibility index (Phi) is 5.12. The summed E-state index contributed by atoms with van der Waals surface area (Å²) < 4.78 is 4.96. The molecule has 1 rings (SSSR count). The van der Waals surface area contributed by atoms with E-state index in [1.807, 2.05) is 0 Å². The molecule has 0 aliphatic heterocycles. The van der Waals surface area contributed by atoms with Crippen LogP contribution in [0.15, 0.2) is 11.6 Å². The van der Waals surface area contributed by atoms with Crippen LogP contribution in [-0.2, 0) is 9.53 Å². The van der Waals surface area contributed by atoms with Crippen LogP contribution in [0.25, 0.3) is 0 Å². The van der Waals surface area contributed by atoms with Crippen LogP contribution in [0.1, 0.15) is 39.5 Å². The summed E-state index contributed by atoms with van der Waals surface area (Å²) in [5.74, 6) is -0.680. The lowest BCUT2D eigenvalue weighted by Crippen LogP contribution is -2.34. The highest BCUT2D eigenvalue weighted by Gasteiger charge is 2.37. The molecule has 0 aromatic carbocycles. The number of esters is 1. The number of carbonyl (C=O) groups excluding carboxylic acids is 1. The van der Waals surface area contributed by atoms with Crippen molar-refractivity contribution in [2.24, 2.45) is 5.92 Å². The van der Waals surface area contributed by atoms with Gasteiger partial charge in [-0.2, -0.15) is 0 Å². The zero-order valence-electron chi connectivity index (χ0n) is 10.3. The summed E-state index contributed by atoms with van der Waals surface area (Å²) in [5.41, 5.74) is 0.502. The van der Waals surface area contributed by atoms with E-state index in [1.54, 1.807) is 19.9 Å². The number of nitrogens with zero attached hydrogens (tertiary/aromatic N) is 1. The molecule has 0 N–H and O–H groups in total. The van der Waals surface area contributed by atoms with Crippen molar-refractivity contribution in [3.05, 3.63) is 21.8 Å². The predicted octanol–water partition coefficient (Wildman–Crippen LogP) is 2.33. The summed E-state index contributed by atoms with van der Waals surface area (Å²) in [6.07, 6.45) is 4.65. The van der Waals surface area contributed by atoms with Crippen LogP contribution in [0.2, 0.25) is 0 Å². The first kappa shape index (κ1) is 13.7. The third kappa shape index (κ3) is 3.28. The Morgan fingerprint density at radius 1 is 1.65 bits per heavy atom. The lowest BCUT2D eigenvalue weighted by molar-refractivity contribution is -0.530. The largest absolute Gasteiger partial charge is 0.463 e. The molecule has 17 heavy (non-hydrogen) atoms. The van der Waals surface area contributed by atoms with Crippen molar-refractivity contribution in [3.8, 4) is 0 Å². The van der Waals surface area contributed by atoms with E-state index in [-0.39, 0.29) is 10.8 Å². The molecule has 96 valence electrons. The van der Waals surface area contributed by atoms with Crippen LogP contribution >= 0.6 is 0 Å². The molecule has 0 bridgehead atoms. The lowest BCUT2D eigenvalue weighted by atomic mass is 9.81. The van der Waals surface area contributed by atoms with Crippen molar-refractivity contribution in [2.45, 2.75) is 45.6 Å². The van der Waals surface area contributed by atoms with Gasteiger partial charge in [-0.25, -0.2) is 4.79 Å². The second-order valence-electron chi connectivity index (χ2n) is 4.18. The molecule has 0 heterocycles. The molecule has 0 fully saturated rings. The molecule has 0 aromatic heterocycles. The van der Waals surface area contributed by atoms with Crippen molar-refractivity contribution in [1.82, 2.24) is 0 Å². The van der Waals surface area contributed by atoms with Crippen LogP contribution in [0.5, 0.6) is 0 Å². The number of nitro groups is 1. The van der Waals surface area contributed by atoms with Gasteiger partial charge in [-0.05, 0) is 26.2 Å². The highest BCUT2D eigenvalue weighted by molar-refractivity contribution is 5.89. The molecule has 2 unspecified atom stereocenters. The van der Waals surface area contributed by atoms with Crippen LogP contribution in [0.3, 0.4) is 0 Å². The van der Waals surface area contributed by atoms with Crippen molar-refractivity contribution >= 4 is 5.97 Å². The second kappa shape index (κ2) is 6.37. The molecule has 0 radical (unpaired) electrons. The maximum Gasteiger partial charge on any atom is 0.334 e. The van der Waals surface area contributed by atoms with E-state index in [0.29, 0.717) is 25.0 Å². The van der Waals surface area contributed by atoms with E-state index in [1.165, 1.54) is 0 Å². The highest BCUT2D eigenvalue weighted by Crippen LogP contribution is 2.31. The monoisotopic (exact) mass is 241 g/mol. The average Bonchev–Trinajstić information content (AvgIpc) is 2.30. The zero-order valence-corrected chi connectivity index (χ0v) is 10.3. The van der Waals surface area contributed by atoms with Gasteiger partial charge in [-0.3, -0.25) is 10.1 Å². The Balaban J connectivity index is 2.88. The topological polar surface area (TPSA) is 69.4 Å². The molecule has 0 amide bonds. The van der Waals surface area contributed by atoms with Gasteiger partial charge in [-0.15, -0.1) is 0 Å². The molecule has 0 aromatic rings. The Morgan fingerprint density at radius 3 is 2.88 bits per heavy atom. The summed E-state index contributed by atoms with van der Waals surface area (Å²) in [7, 11) is 0. The molecule has 0 spiro atoms. The Bertz CT molecular complexity index is 324. The summed E-state index contributed by atoms with van der Waals surface area (Å²) in [5, 5.41) is 11.0. The van der Waals surface area contributed by atoms with Gasteiger partial charge in [0.1, 0.15) is 0 Å². The van der Waals surface area contributed by atoms with Gasteiger partial charge >= 0.3 is 5.97 Å². The summed E-state index contributed by atoms with van der Waals surface area (Å²) in [4.78, 5) is 22.4. The van der Waals surface area contributed by atoms with Gasteiger partial charge < -0.3 is 4.74 Å². The van der Waals surface area contributed by atoms with Crippen molar-refractivity contribution in [1.29, 1.82) is 0 Å². The van der Waals surface area contributed by atoms with Gasteiger partial charge in [0, 0.05) is 16.9 Å². The van der Waals surface area contributed by atoms with Gasteiger partial charge in [0.2, 0.25) is 6.04 Å². The predicted molar refractivity (Wildman–Crippen MR) is 63.1 cm³/mol. The van der Waals surface area contributed by atoms with E-state index in [9.17, 15) is 14.9 Å². The smallest absolute Gasteiger partial charge is 0.334 e. The first-order valence-electron chi connectivity index (χ1n) is 6.12. The fraction of sp³-hybridized carbons (Fsp3) is 0.750. The SMILES string of the molecule is CCOC(=O)C1=CCCCC1C(CC)[N+](=O)[O-]. The van der Waals surface area contributed by atoms with Crippen molar-refractivity contribution in [3.63, 3.8) is 0 Å². The molecular weight excluding hydrogens is 222 g/mol. The highest BCUT2D eigenvalue weighted by atomic mass is 16.6. The molecule has 5 nitrogen and oxygen atoms in total. The van der Waals surface area contributed by atoms with Gasteiger partial charge in [0.15, 0.2) is 0 Å². The fourth-order valence-corrected chi connectivity index (χ4v) is 2.33. The summed E-state index contributed by atoms with van der Waals surface area (Å²) >= 11 is 0. The minimum absolute atomic E-state index is 0.275. The number of allylic oxidation sites excluding steroid dienone is 1. The van der Waals surface area contributed by atoms with Gasteiger partial charge in [0.05, 0.1) is 12.5 Å². The van der Waals surface area contributed by atoms with E-state index >= 15 is 0 Å². The van der Waals surface area contributed by atoms with E-state index in [0.717, 1.165) is 12.8 Å². The molecular formula is C12H19NO4. The van der Waals surface area contributed by atoms with Gasteiger partial charge in [0.25, 0.3) is 0 Å². The molecule has 0 saturated carbocycles. The first-order valence-corrected chi connectivity index (χ1v) is 6.12. The first-order chi connectivity index (χ1) is 8.11. The standard InChI is InChI=1S/C12H19NO4/c1-3-11(13(15)16)9-7-5-6-8-10(9)12(14)17-4-2/h8-9,11H,3-7H2,1-2H3. The maximum atomic E-state index is 11.7. The second-order valence-corrected chi connectivity index (χ2v) is 4.18. The normalized spacial score (nSPS) is 21.5. The third-order valence-corrected chi connectivity index (χ3v) is 3.15. The third-order valence-electron chi connectivity index (χ3n) is 3.15. The van der Waals surface area contributed by atoms with Crippen LogP contribution in [0.4, 0.5) is 0 Å². The Morgan fingerprint density at radius 2 is 2.35 bits per heavy atom. The zero-order chi connectivity index (χ0) is 12.8. The average molecular weight is 241 g/mol. The number of rotatable bonds is 5. The summed E-state index contributed by atoms with van der Waals surface area (Å²) in [6.45, 7) is 3.82. The fourth-order valence-electron chi connectivity index (χ4n) is 2.33. The molecule has 2 atom stereocenters. The summed E-state index contributed by atoms with van der Waals surface area (Å²) in [6, 6.07) is -0.675. The van der Waals surface area contributed by atoms with Crippen LogP contribution < -0.4 is 0 Å². The quantitative estimate of drug-likeness (QED) is 0.421. The Hall–Kier alpha value is -1.39. The number of carbonyl (C=O) groups is 1. The molecule has 5 heteroatoms. The minimum atomic E-state index is -0.675. The van der Waals surface area contributed by atoms with Crippen LogP contribution in [-0.4, -0.2) is 23.5 Å². The number of hydrogen-bond donors (Lipinski definition) is 0. The number of ether oxygens (including phenoxy) is 1. The van der Waals surface area contributed by atoms with E-state index < -0.39 is 12.0 Å². The molecule has 0 saturated heterocycles. The maximum absolute atomic E-state index is 11.7. The van der Waals surface area contributed by atoms with Crippen LogP contribution in [0, 0.1) is 16.0 Å². The van der Waals surface area contributed by atoms with Crippen molar-refractivity contribution < 1.29 is 14.5 Å². The Labute approximate surface area is 101 Å².